The Morgan fingerprint density at radius 1 is 1.30 bits per heavy atom. The van der Waals surface area contributed by atoms with E-state index in [1.54, 1.807) is 0 Å². The molecule has 0 unspecified atom stereocenters. The maximum Gasteiger partial charge on any atom is 0.268 e. The Morgan fingerprint density at radius 2 is 2.00 bits per heavy atom. The van der Waals surface area contributed by atoms with Crippen molar-refractivity contribution in [3.05, 3.63) is 17.5 Å². The Morgan fingerprint density at radius 3 is 2.56 bits per heavy atom. The van der Waals surface area contributed by atoms with Gasteiger partial charge in [0.15, 0.2) is 0 Å². The molecule has 0 aliphatic heterocycles. The van der Waals surface area contributed by atoms with Gasteiger partial charge in [-0.25, -0.2) is 18.7 Å². The molecule has 1 amide bonds. The number of hydrogen-bond donors (Lipinski definition) is 2. The number of halogens is 2. The highest BCUT2D eigenvalue weighted by Crippen LogP contribution is 2.30. The highest BCUT2D eigenvalue weighted by atomic mass is 19.3. The summed E-state index contributed by atoms with van der Waals surface area (Å²) in [6.45, 7) is 0.340. The lowest BCUT2D eigenvalue weighted by atomic mass is 9.81. The number of rotatable bonds is 8. The Bertz CT molecular complexity index is 654. The van der Waals surface area contributed by atoms with Gasteiger partial charge in [0.25, 0.3) is 11.8 Å². The van der Waals surface area contributed by atoms with Crippen LogP contribution < -0.4 is 11.1 Å². The molecule has 150 valence electrons. The molecule has 1 heterocycles. The molecule has 0 bridgehead atoms. The number of amides is 1. The van der Waals surface area contributed by atoms with Crippen molar-refractivity contribution in [1.82, 2.24) is 9.97 Å². The first kappa shape index (κ1) is 19.9. The number of nitrogens with one attached hydrogen (secondary N) is 1. The second kappa shape index (κ2) is 8.46. The highest BCUT2D eigenvalue weighted by molar-refractivity contribution is 5.93. The zero-order chi connectivity index (χ0) is 19.4. The second-order valence-electron chi connectivity index (χ2n) is 7.92. The summed E-state index contributed by atoms with van der Waals surface area (Å²) in [5.74, 6) is -2.22. The number of alkyl halides is 2. The third-order valence-corrected chi connectivity index (χ3v) is 5.42. The number of ether oxygens (including phenoxy) is 1. The summed E-state index contributed by atoms with van der Waals surface area (Å²) >= 11 is 0. The molecule has 2 saturated carbocycles. The molecule has 2 aliphatic rings. The van der Waals surface area contributed by atoms with Gasteiger partial charge in [0, 0.05) is 19.2 Å². The van der Waals surface area contributed by atoms with Crippen molar-refractivity contribution < 1.29 is 18.3 Å². The number of anilines is 1. The average molecular weight is 382 g/mol. The lowest BCUT2D eigenvalue weighted by Crippen LogP contribution is -2.33. The van der Waals surface area contributed by atoms with E-state index in [0.717, 1.165) is 51.9 Å². The molecule has 0 radical (unpaired) electrons. The van der Waals surface area contributed by atoms with Gasteiger partial charge in [-0.2, -0.15) is 0 Å². The first-order chi connectivity index (χ1) is 12.8. The number of aromatic nitrogens is 2. The van der Waals surface area contributed by atoms with Crippen molar-refractivity contribution in [2.45, 2.75) is 76.4 Å². The number of hydrogen-bond acceptors (Lipinski definition) is 5. The van der Waals surface area contributed by atoms with Crippen LogP contribution in [0.4, 0.5) is 14.7 Å². The molecule has 6 nitrogen and oxygen atoms in total. The Labute approximate surface area is 158 Å². The number of carbonyl (C=O) groups is 1. The molecule has 8 heteroatoms. The molecular formula is C19H28F2N4O2. The van der Waals surface area contributed by atoms with Gasteiger partial charge in [-0.1, -0.05) is 19.3 Å². The molecule has 3 rings (SSSR count). The van der Waals surface area contributed by atoms with Crippen LogP contribution in [0, 0.1) is 5.92 Å². The normalized spacial score (nSPS) is 23.7. The minimum absolute atomic E-state index is 0.124. The van der Waals surface area contributed by atoms with Gasteiger partial charge in [0.1, 0.15) is 6.61 Å². The van der Waals surface area contributed by atoms with Crippen molar-refractivity contribution in [2.24, 2.45) is 11.7 Å². The molecule has 0 saturated heterocycles. The van der Waals surface area contributed by atoms with E-state index in [0.29, 0.717) is 23.1 Å². The van der Waals surface area contributed by atoms with Crippen LogP contribution in [0.1, 0.15) is 67.9 Å². The van der Waals surface area contributed by atoms with Crippen LogP contribution >= 0.6 is 0 Å². The van der Waals surface area contributed by atoms with Crippen LogP contribution in [0.3, 0.4) is 0 Å². The molecule has 0 aromatic carbocycles. The van der Waals surface area contributed by atoms with Crippen molar-refractivity contribution in [3.63, 3.8) is 0 Å². The fraction of sp³-hybridized carbons (Fsp3) is 0.737. The van der Waals surface area contributed by atoms with E-state index < -0.39 is 18.4 Å². The summed E-state index contributed by atoms with van der Waals surface area (Å²) in [5, 5.41) is 3.31. The van der Waals surface area contributed by atoms with Crippen molar-refractivity contribution in [1.29, 1.82) is 0 Å². The molecule has 2 aliphatic carbocycles. The fourth-order valence-corrected chi connectivity index (χ4v) is 3.64. The zero-order valence-corrected chi connectivity index (χ0v) is 15.7. The van der Waals surface area contributed by atoms with Gasteiger partial charge < -0.3 is 15.8 Å². The van der Waals surface area contributed by atoms with Crippen LogP contribution in [0.2, 0.25) is 0 Å². The minimum Gasteiger partial charge on any atom is -0.372 e. The molecule has 1 aromatic rings. The number of primary amides is 1. The average Bonchev–Trinajstić information content (AvgIpc) is 2.57. The molecule has 2 fully saturated rings. The van der Waals surface area contributed by atoms with E-state index >= 15 is 0 Å². The second-order valence-corrected chi connectivity index (χ2v) is 7.92. The number of nitrogens with two attached hydrogens (primary N) is 1. The monoisotopic (exact) mass is 382 g/mol. The van der Waals surface area contributed by atoms with Gasteiger partial charge in [-0.05, 0) is 38.0 Å². The lowest BCUT2D eigenvalue weighted by Gasteiger charge is -2.30. The Kier molecular flexibility index (Phi) is 6.24. The van der Waals surface area contributed by atoms with Crippen LogP contribution in [0.5, 0.6) is 0 Å². The molecular weight excluding hydrogens is 354 g/mol. The van der Waals surface area contributed by atoms with Crippen molar-refractivity contribution in [2.75, 3.05) is 11.9 Å². The van der Waals surface area contributed by atoms with Gasteiger partial charge in [-0.3, -0.25) is 4.79 Å². The van der Waals surface area contributed by atoms with Crippen LogP contribution in [0.15, 0.2) is 6.20 Å². The van der Waals surface area contributed by atoms with E-state index in [9.17, 15) is 13.6 Å². The zero-order valence-electron chi connectivity index (χ0n) is 15.7. The van der Waals surface area contributed by atoms with Crippen LogP contribution in [-0.2, 0) is 11.2 Å². The van der Waals surface area contributed by atoms with E-state index in [-0.39, 0.29) is 12.1 Å². The summed E-state index contributed by atoms with van der Waals surface area (Å²) in [7, 11) is 0. The van der Waals surface area contributed by atoms with E-state index in [2.05, 4.69) is 15.3 Å². The quantitative estimate of drug-likeness (QED) is 0.720. The summed E-state index contributed by atoms with van der Waals surface area (Å²) < 4.78 is 31.1. The smallest absolute Gasteiger partial charge is 0.268 e. The molecule has 0 atom stereocenters. The van der Waals surface area contributed by atoms with Gasteiger partial charge in [0.05, 0.1) is 17.4 Å². The SMILES string of the molecule is CC(F)(F)COC1CCC(Nc2ncc(C(N)=O)c(CC3CCC3)n2)CC1. The minimum atomic E-state index is -2.79. The maximum absolute atomic E-state index is 12.9. The molecule has 3 N–H and O–H groups in total. The predicted molar refractivity (Wildman–Crippen MR) is 97.8 cm³/mol. The van der Waals surface area contributed by atoms with Crippen molar-refractivity contribution >= 4 is 11.9 Å². The molecule has 0 spiro atoms. The van der Waals surface area contributed by atoms with Gasteiger partial charge in [-0.15, -0.1) is 0 Å². The third-order valence-electron chi connectivity index (χ3n) is 5.42. The topological polar surface area (TPSA) is 90.1 Å². The van der Waals surface area contributed by atoms with Gasteiger partial charge >= 0.3 is 0 Å². The predicted octanol–water partition coefficient (Wildman–Crippen LogP) is 3.31. The molecule has 27 heavy (non-hydrogen) atoms. The van der Waals surface area contributed by atoms with E-state index in [1.807, 2.05) is 0 Å². The lowest BCUT2D eigenvalue weighted by molar-refractivity contribution is -0.0943. The summed E-state index contributed by atoms with van der Waals surface area (Å²) in [6, 6.07) is 0.169. The first-order valence-electron chi connectivity index (χ1n) is 9.72. The Hall–Kier alpha value is -1.83. The number of nitrogens with zero attached hydrogens (tertiary/aromatic N) is 2. The summed E-state index contributed by atoms with van der Waals surface area (Å²) in [5.41, 5.74) is 6.56. The maximum atomic E-state index is 12.9. The van der Waals surface area contributed by atoms with Crippen molar-refractivity contribution in [3.8, 4) is 0 Å². The fourth-order valence-electron chi connectivity index (χ4n) is 3.64. The summed E-state index contributed by atoms with van der Waals surface area (Å²) in [6.07, 6.45) is 8.73. The number of carbonyl (C=O) groups excluding carboxylic acids is 1. The molecule has 1 aromatic heterocycles. The van der Waals surface area contributed by atoms with E-state index in [4.69, 9.17) is 10.5 Å². The largest absolute Gasteiger partial charge is 0.372 e. The highest BCUT2D eigenvalue weighted by Gasteiger charge is 2.28. The first-order valence-corrected chi connectivity index (χ1v) is 9.72. The van der Waals surface area contributed by atoms with Crippen LogP contribution in [-0.4, -0.2) is 40.6 Å². The standard InChI is InChI=1S/C19H28F2N4O2/c1-19(20,21)11-27-14-7-5-13(6-8-14)24-18-23-10-15(17(22)26)16(25-18)9-12-3-2-4-12/h10,12-14H,2-9,11H2,1H3,(H2,22,26)(H,23,24,25). The third kappa shape index (κ3) is 5.82. The summed E-state index contributed by atoms with van der Waals surface area (Å²) in [4.78, 5) is 20.4. The van der Waals surface area contributed by atoms with Gasteiger partial charge in [0.2, 0.25) is 5.95 Å². The van der Waals surface area contributed by atoms with Crippen LogP contribution in [0.25, 0.3) is 0 Å². The van der Waals surface area contributed by atoms with E-state index in [1.165, 1.54) is 12.6 Å². The Balaban J connectivity index is 1.54.